The first-order chi connectivity index (χ1) is 7.10. The van der Waals surface area contributed by atoms with Crippen LogP contribution in [0.4, 0.5) is 0 Å². The second kappa shape index (κ2) is 5.49. The van der Waals surface area contributed by atoms with Crippen LogP contribution < -0.4 is 10.5 Å². The van der Waals surface area contributed by atoms with Crippen molar-refractivity contribution >= 4 is 33.3 Å². The SMILES string of the molecule is COc1cc(Cl)c(C(=O)CCN)cc1Br. The molecule has 1 aromatic carbocycles. The average Bonchev–Trinajstić information content (AvgIpc) is 2.21. The lowest BCUT2D eigenvalue weighted by Gasteiger charge is -2.07. The topological polar surface area (TPSA) is 52.3 Å². The van der Waals surface area contributed by atoms with Crippen LogP contribution in [0.15, 0.2) is 16.6 Å². The Bertz CT molecular complexity index is 382. The standard InChI is InChI=1S/C10H11BrClNO2/c1-15-10-5-8(12)6(4-7(10)11)9(14)2-3-13/h4-5H,2-3,13H2,1H3. The molecule has 0 aliphatic rings. The van der Waals surface area contributed by atoms with E-state index in [4.69, 9.17) is 22.1 Å². The third-order valence-electron chi connectivity index (χ3n) is 1.91. The van der Waals surface area contributed by atoms with E-state index in [1.54, 1.807) is 12.1 Å². The Morgan fingerprint density at radius 1 is 1.60 bits per heavy atom. The monoisotopic (exact) mass is 291 g/mol. The van der Waals surface area contributed by atoms with E-state index in [1.165, 1.54) is 7.11 Å². The molecule has 1 rings (SSSR count). The van der Waals surface area contributed by atoms with Crippen LogP contribution in [-0.4, -0.2) is 19.4 Å². The van der Waals surface area contributed by atoms with Gasteiger partial charge in [0.1, 0.15) is 5.75 Å². The van der Waals surface area contributed by atoms with Gasteiger partial charge in [-0.15, -0.1) is 0 Å². The highest BCUT2D eigenvalue weighted by Crippen LogP contribution is 2.31. The molecule has 15 heavy (non-hydrogen) atoms. The van der Waals surface area contributed by atoms with Crippen molar-refractivity contribution in [2.75, 3.05) is 13.7 Å². The number of methoxy groups -OCH3 is 1. The quantitative estimate of drug-likeness (QED) is 0.868. The number of rotatable bonds is 4. The Morgan fingerprint density at radius 2 is 2.27 bits per heavy atom. The molecule has 0 saturated carbocycles. The van der Waals surface area contributed by atoms with Crippen molar-refractivity contribution in [3.63, 3.8) is 0 Å². The summed E-state index contributed by atoms with van der Waals surface area (Å²) in [6.07, 6.45) is 0.290. The number of Topliss-reactive ketones (excluding diaryl/α,β-unsaturated/α-hetero) is 1. The second-order valence-corrected chi connectivity index (χ2v) is 4.19. The Balaban J connectivity index is 3.10. The van der Waals surface area contributed by atoms with Gasteiger partial charge < -0.3 is 10.5 Å². The number of carbonyl (C=O) groups excluding carboxylic acids is 1. The Labute approximate surface area is 102 Å². The zero-order chi connectivity index (χ0) is 11.4. The molecule has 0 aromatic heterocycles. The normalized spacial score (nSPS) is 10.1. The molecule has 0 aliphatic carbocycles. The Morgan fingerprint density at radius 3 is 2.80 bits per heavy atom. The van der Waals surface area contributed by atoms with Crippen molar-refractivity contribution in [1.29, 1.82) is 0 Å². The van der Waals surface area contributed by atoms with E-state index in [0.29, 0.717) is 33.8 Å². The maximum atomic E-state index is 11.6. The van der Waals surface area contributed by atoms with Crippen LogP contribution in [0.25, 0.3) is 0 Å². The fraction of sp³-hybridized carbons (Fsp3) is 0.300. The lowest BCUT2D eigenvalue weighted by Crippen LogP contribution is -2.08. The first kappa shape index (κ1) is 12.5. The molecule has 82 valence electrons. The minimum absolute atomic E-state index is 0.0640. The zero-order valence-corrected chi connectivity index (χ0v) is 10.6. The number of hydrogen-bond acceptors (Lipinski definition) is 3. The van der Waals surface area contributed by atoms with Crippen LogP contribution >= 0.6 is 27.5 Å². The Hall–Kier alpha value is -0.580. The molecule has 0 saturated heterocycles. The summed E-state index contributed by atoms with van der Waals surface area (Å²) in [5.41, 5.74) is 5.78. The molecular weight excluding hydrogens is 281 g/mol. The molecule has 0 unspecified atom stereocenters. The van der Waals surface area contributed by atoms with Crippen molar-refractivity contribution in [3.05, 3.63) is 27.2 Å². The third-order valence-corrected chi connectivity index (χ3v) is 2.85. The summed E-state index contributed by atoms with van der Waals surface area (Å²) in [7, 11) is 1.54. The number of ether oxygens (including phenoxy) is 1. The highest BCUT2D eigenvalue weighted by molar-refractivity contribution is 9.10. The molecule has 0 heterocycles. The van der Waals surface area contributed by atoms with Crippen LogP contribution in [0.3, 0.4) is 0 Å². The smallest absolute Gasteiger partial charge is 0.165 e. The summed E-state index contributed by atoms with van der Waals surface area (Å²) in [6.45, 7) is 0.318. The summed E-state index contributed by atoms with van der Waals surface area (Å²) < 4.78 is 5.76. The van der Waals surface area contributed by atoms with Gasteiger partial charge in [-0.2, -0.15) is 0 Å². The minimum Gasteiger partial charge on any atom is -0.496 e. The lowest BCUT2D eigenvalue weighted by molar-refractivity contribution is 0.0985. The molecule has 5 heteroatoms. The number of ketones is 1. The van der Waals surface area contributed by atoms with Gasteiger partial charge in [0.2, 0.25) is 0 Å². The van der Waals surface area contributed by atoms with E-state index in [0.717, 1.165) is 0 Å². The second-order valence-electron chi connectivity index (χ2n) is 2.93. The molecule has 0 radical (unpaired) electrons. The number of halogens is 2. The largest absolute Gasteiger partial charge is 0.496 e. The minimum atomic E-state index is -0.0640. The lowest BCUT2D eigenvalue weighted by atomic mass is 10.1. The Kier molecular flexibility index (Phi) is 4.57. The molecule has 0 atom stereocenters. The van der Waals surface area contributed by atoms with Crippen molar-refractivity contribution in [2.24, 2.45) is 5.73 Å². The summed E-state index contributed by atoms with van der Waals surface area (Å²) >= 11 is 9.24. The average molecular weight is 293 g/mol. The number of hydrogen-bond donors (Lipinski definition) is 1. The fourth-order valence-electron chi connectivity index (χ4n) is 1.16. The number of nitrogens with two attached hydrogens (primary N) is 1. The first-order valence-electron chi connectivity index (χ1n) is 4.36. The number of benzene rings is 1. The molecule has 0 spiro atoms. The zero-order valence-electron chi connectivity index (χ0n) is 8.22. The van der Waals surface area contributed by atoms with Gasteiger partial charge in [-0.3, -0.25) is 4.79 Å². The van der Waals surface area contributed by atoms with Gasteiger partial charge in [0, 0.05) is 18.1 Å². The van der Waals surface area contributed by atoms with E-state index in [9.17, 15) is 4.79 Å². The highest BCUT2D eigenvalue weighted by Gasteiger charge is 2.13. The van der Waals surface area contributed by atoms with Gasteiger partial charge in [0.25, 0.3) is 0 Å². The van der Waals surface area contributed by atoms with E-state index in [-0.39, 0.29) is 5.78 Å². The number of carbonyl (C=O) groups is 1. The van der Waals surface area contributed by atoms with Gasteiger partial charge >= 0.3 is 0 Å². The molecule has 0 fully saturated rings. The van der Waals surface area contributed by atoms with Crippen molar-refractivity contribution in [1.82, 2.24) is 0 Å². The molecule has 0 amide bonds. The van der Waals surface area contributed by atoms with Gasteiger partial charge in [0.05, 0.1) is 16.6 Å². The molecule has 0 bridgehead atoms. The van der Waals surface area contributed by atoms with E-state index in [1.807, 2.05) is 0 Å². The van der Waals surface area contributed by atoms with Gasteiger partial charge in [-0.1, -0.05) is 11.6 Å². The molecular formula is C10H11BrClNO2. The molecule has 2 N–H and O–H groups in total. The molecule has 0 aliphatic heterocycles. The highest BCUT2D eigenvalue weighted by atomic mass is 79.9. The predicted molar refractivity (Wildman–Crippen MR) is 63.7 cm³/mol. The maximum absolute atomic E-state index is 11.6. The van der Waals surface area contributed by atoms with Crippen molar-refractivity contribution in [3.8, 4) is 5.75 Å². The molecule has 3 nitrogen and oxygen atoms in total. The van der Waals surface area contributed by atoms with Crippen molar-refractivity contribution in [2.45, 2.75) is 6.42 Å². The third kappa shape index (κ3) is 2.93. The van der Waals surface area contributed by atoms with Crippen LogP contribution in [-0.2, 0) is 0 Å². The first-order valence-corrected chi connectivity index (χ1v) is 5.53. The summed E-state index contributed by atoms with van der Waals surface area (Å²) in [6, 6.07) is 3.26. The van der Waals surface area contributed by atoms with Crippen molar-refractivity contribution < 1.29 is 9.53 Å². The van der Waals surface area contributed by atoms with Gasteiger partial charge in [-0.05, 0) is 28.5 Å². The maximum Gasteiger partial charge on any atom is 0.165 e. The van der Waals surface area contributed by atoms with Crippen LogP contribution in [0, 0.1) is 0 Å². The molecule has 1 aromatic rings. The fourth-order valence-corrected chi connectivity index (χ4v) is 1.93. The van der Waals surface area contributed by atoms with E-state index >= 15 is 0 Å². The summed E-state index contributed by atoms with van der Waals surface area (Å²) in [5, 5.41) is 0.383. The summed E-state index contributed by atoms with van der Waals surface area (Å²) in [4.78, 5) is 11.6. The van der Waals surface area contributed by atoms with E-state index in [2.05, 4.69) is 15.9 Å². The van der Waals surface area contributed by atoms with Crippen LogP contribution in [0.2, 0.25) is 5.02 Å². The van der Waals surface area contributed by atoms with Crippen LogP contribution in [0.5, 0.6) is 5.75 Å². The van der Waals surface area contributed by atoms with E-state index < -0.39 is 0 Å². The van der Waals surface area contributed by atoms with Gasteiger partial charge in [0.15, 0.2) is 5.78 Å². The summed E-state index contributed by atoms with van der Waals surface area (Å²) in [5.74, 6) is 0.537. The van der Waals surface area contributed by atoms with Crippen LogP contribution in [0.1, 0.15) is 16.8 Å². The predicted octanol–water partition coefficient (Wildman–Crippen LogP) is 2.64. The van der Waals surface area contributed by atoms with Gasteiger partial charge in [-0.25, -0.2) is 0 Å².